The summed E-state index contributed by atoms with van der Waals surface area (Å²) >= 11 is 0. The maximum absolute atomic E-state index is 5.75. The second kappa shape index (κ2) is 10.7. The van der Waals surface area contributed by atoms with Crippen LogP contribution in [-0.2, 0) is 4.74 Å². The SMILES string of the molecule is CCOCCCCNCCOc1cccc(C(C)C)c1. The smallest absolute Gasteiger partial charge is 0.119 e. The average molecular weight is 279 g/mol. The van der Waals surface area contributed by atoms with Gasteiger partial charge in [0.05, 0.1) is 0 Å². The van der Waals surface area contributed by atoms with E-state index in [2.05, 4.69) is 37.4 Å². The molecule has 3 nitrogen and oxygen atoms in total. The number of hydrogen-bond donors (Lipinski definition) is 1. The van der Waals surface area contributed by atoms with E-state index in [1.54, 1.807) is 0 Å². The maximum Gasteiger partial charge on any atom is 0.119 e. The van der Waals surface area contributed by atoms with E-state index in [1.165, 1.54) is 5.56 Å². The molecule has 0 radical (unpaired) electrons. The van der Waals surface area contributed by atoms with Crippen LogP contribution >= 0.6 is 0 Å². The molecular weight excluding hydrogens is 250 g/mol. The lowest BCUT2D eigenvalue weighted by Crippen LogP contribution is -2.22. The summed E-state index contributed by atoms with van der Waals surface area (Å²) in [5.41, 5.74) is 1.33. The van der Waals surface area contributed by atoms with Gasteiger partial charge in [0.2, 0.25) is 0 Å². The number of ether oxygens (including phenoxy) is 2. The molecular formula is C17H29NO2. The molecule has 0 saturated heterocycles. The summed E-state index contributed by atoms with van der Waals surface area (Å²) < 4.78 is 11.1. The molecule has 1 N–H and O–H groups in total. The minimum absolute atomic E-state index is 0.544. The molecule has 1 aromatic carbocycles. The van der Waals surface area contributed by atoms with Gasteiger partial charge >= 0.3 is 0 Å². The second-order valence-electron chi connectivity index (χ2n) is 5.23. The Hall–Kier alpha value is -1.06. The van der Waals surface area contributed by atoms with Crippen molar-refractivity contribution in [2.75, 3.05) is 32.9 Å². The van der Waals surface area contributed by atoms with Gasteiger partial charge < -0.3 is 14.8 Å². The third-order valence-corrected chi connectivity index (χ3v) is 3.17. The summed E-state index contributed by atoms with van der Waals surface area (Å²) in [6.45, 7) is 10.7. The Bertz CT molecular complexity index is 353. The summed E-state index contributed by atoms with van der Waals surface area (Å²) in [5.74, 6) is 1.51. The largest absolute Gasteiger partial charge is 0.492 e. The van der Waals surface area contributed by atoms with Crippen molar-refractivity contribution in [3.63, 3.8) is 0 Å². The second-order valence-corrected chi connectivity index (χ2v) is 5.23. The van der Waals surface area contributed by atoms with E-state index in [4.69, 9.17) is 9.47 Å². The number of unbranched alkanes of at least 4 members (excludes halogenated alkanes) is 1. The average Bonchev–Trinajstić information content (AvgIpc) is 2.46. The summed E-state index contributed by atoms with van der Waals surface area (Å²) in [6.07, 6.45) is 2.28. The van der Waals surface area contributed by atoms with Crippen molar-refractivity contribution in [1.82, 2.24) is 5.32 Å². The van der Waals surface area contributed by atoms with Crippen molar-refractivity contribution in [2.45, 2.75) is 39.5 Å². The minimum atomic E-state index is 0.544. The highest BCUT2D eigenvalue weighted by Crippen LogP contribution is 2.19. The zero-order valence-corrected chi connectivity index (χ0v) is 13.2. The van der Waals surface area contributed by atoms with Gasteiger partial charge in [-0.1, -0.05) is 26.0 Å². The van der Waals surface area contributed by atoms with Gasteiger partial charge in [0.15, 0.2) is 0 Å². The van der Waals surface area contributed by atoms with Crippen molar-refractivity contribution in [3.8, 4) is 5.75 Å². The van der Waals surface area contributed by atoms with E-state index in [1.807, 2.05) is 13.0 Å². The molecule has 114 valence electrons. The molecule has 0 aliphatic rings. The Kier molecular flexibility index (Phi) is 9.09. The van der Waals surface area contributed by atoms with E-state index in [-0.39, 0.29) is 0 Å². The van der Waals surface area contributed by atoms with Crippen LogP contribution in [0.15, 0.2) is 24.3 Å². The predicted octanol–water partition coefficient (Wildman–Crippen LogP) is 3.60. The normalized spacial score (nSPS) is 11.0. The van der Waals surface area contributed by atoms with Gasteiger partial charge in [-0.15, -0.1) is 0 Å². The van der Waals surface area contributed by atoms with E-state index < -0.39 is 0 Å². The Balaban J connectivity index is 2.05. The van der Waals surface area contributed by atoms with Crippen molar-refractivity contribution in [3.05, 3.63) is 29.8 Å². The van der Waals surface area contributed by atoms with Crippen LogP contribution in [0.1, 0.15) is 45.1 Å². The molecule has 0 fully saturated rings. The van der Waals surface area contributed by atoms with Gasteiger partial charge in [-0.05, 0) is 49.9 Å². The fraction of sp³-hybridized carbons (Fsp3) is 0.647. The van der Waals surface area contributed by atoms with Crippen molar-refractivity contribution >= 4 is 0 Å². The highest BCUT2D eigenvalue weighted by Gasteiger charge is 2.00. The Morgan fingerprint density at radius 1 is 1.10 bits per heavy atom. The van der Waals surface area contributed by atoms with E-state index >= 15 is 0 Å². The van der Waals surface area contributed by atoms with Gasteiger partial charge in [-0.3, -0.25) is 0 Å². The fourth-order valence-electron chi connectivity index (χ4n) is 1.93. The lowest BCUT2D eigenvalue weighted by Gasteiger charge is -2.10. The summed E-state index contributed by atoms with van der Waals surface area (Å²) in [7, 11) is 0. The monoisotopic (exact) mass is 279 g/mol. The van der Waals surface area contributed by atoms with E-state index in [9.17, 15) is 0 Å². The predicted molar refractivity (Wildman–Crippen MR) is 84.6 cm³/mol. The molecule has 0 amide bonds. The van der Waals surface area contributed by atoms with Crippen LogP contribution in [0.4, 0.5) is 0 Å². The first kappa shape index (κ1) is 17.0. The molecule has 0 aliphatic carbocycles. The first-order valence-corrected chi connectivity index (χ1v) is 7.75. The minimum Gasteiger partial charge on any atom is -0.492 e. The van der Waals surface area contributed by atoms with Crippen LogP contribution < -0.4 is 10.1 Å². The van der Waals surface area contributed by atoms with Crippen LogP contribution in [0.25, 0.3) is 0 Å². The van der Waals surface area contributed by atoms with Crippen molar-refractivity contribution < 1.29 is 9.47 Å². The highest BCUT2D eigenvalue weighted by atomic mass is 16.5. The topological polar surface area (TPSA) is 30.5 Å². The lowest BCUT2D eigenvalue weighted by molar-refractivity contribution is 0.143. The number of hydrogen-bond acceptors (Lipinski definition) is 3. The third kappa shape index (κ3) is 7.51. The number of benzene rings is 1. The molecule has 0 bridgehead atoms. The first-order valence-electron chi connectivity index (χ1n) is 7.75. The molecule has 3 heteroatoms. The van der Waals surface area contributed by atoms with Crippen LogP contribution in [0.5, 0.6) is 5.75 Å². The zero-order chi connectivity index (χ0) is 14.6. The maximum atomic E-state index is 5.75. The molecule has 1 aromatic rings. The third-order valence-electron chi connectivity index (χ3n) is 3.17. The quantitative estimate of drug-likeness (QED) is 0.628. The van der Waals surface area contributed by atoms with Crippen LogP contribution in [0.3, 0.4) is 0 Å². The van der Waals surface area contributed by atoms with Crippen LogP contribution in [-0.4, -0.2) is 32.9 Å². The van der Waals surface area contributed by atoms with Crippen LogP contribution in [0, 0.1) is 0 Å². The molecule has 0 unspecified atom stereocenters. The summed E-state index contributed by atoms with van der Waals surface area (Å²) in [5, 5.41) is 3.39. The highest BCUT2D eigenvalue weighted by molar-refractivity contribution is 5.30. The van der Waals surface area contributed by atoms with Gasteiger partial charge in [0, 0.05) is 19.8 Å². The van der Waals surface area contributed by atoms with Crippen LogP contribution in [0.2, 0.25) is 0 Å². The Morgan fingerprint density at radius 3 is 2.70 bits per heavy atom. The molecule has 20 heavy (non-hydrogen) atoms. The molecule has 0 aromatic heterocycles. The summed E-state index contributed by atoms with van der Waals surface area (Å²) in [4.78, 5) is 0. The van der Waals surface area contributed by atoms with Gasteiger partial charge in [-0.25, -0.2) is 0 Å². The van der Waals surface area contributed by atoms with Gasteiger partial charge in [0.1, 0.15) is 12.4 Å². The zero-order valence-electron chi connectivity index (χ0n) is 13.2. The van der Waals surface area contributed by atoms with Gasteiger partial charge in [-0.2, -0.15) is 0 Å². The Morgan fingerprint density at radius 2 is 1.95 bits per heavy atom. The lowest BCUT2D eigenvalue weighted by atomic mass is 10.0. The number of nitrogens with one attached hydrogen (secondary N) is 1. The Labute approximate surface area is 123 Å². The van der Waals surface area contributed by atoms with Gasteiger partial charge in [0.25, 0.3) is 0 Å². The van der Waals surface area contributed by atoms with Crippen molar-refractivity contribution in [2.24, 2.45) is 0 Å². The van der Waals surface area contributed by atoms with E-state index in [0.29, 0.717) is 12.5 Å². The molecule has 0 atom stereocenters. The molecule has 0 spiro atoms. The molecule has 0 heterocycles. The molecule has 0 saturated carbocycles. The molecule has 0 aliphatic heterocycles. The van der Waals surface area contributed by atoms with E-state index in [0.717, 1.165) is 44.9 Å². The summed E-state index contributed by atoms with van der Waals surface area (Å²) in [6, 6.07) is 8.36. The van der Waals surface area contributed by atoms with Crippen molar-refractivity contribution in [1.29, 1.82) is 0 Å². The molecule has 1 rings (SSSR count). The number of rotatable bonds is 11. The fourth-order valence-corrected chi connectivity index (χ4v) is 1.93. The first-order chi connectivity index (χ1) is 9.74. The standard InChI is InChI=1S/C17H29NO2/c1-4-19-12-6-5-10-18-11-13-20-17-9-7-8-16(14-17)15(2)3/h7-9,14-15,18H,4-6,10-13H2,1-3H3.